The number of rotatable bonds is 2. The Balaban J connectivity index is 2.27. The molecule has 0 unspecified atom stereocenters. The molecule has 1 saturated carbocycles. The van der Waals surface area contributed by atoms with Crippen LogP contribution in [-0.4, -0.2) is 6.54 Å². The first-order chi connectivity index (χ1) is 3.77. The summed E-state index contributed by atoms with van der Waals surface area (Å²) < 4.78 is 0. The van der Waals surface area contributed by atoms with Gasteiger partial charge in [0.05, 0.1) is 0 Å². The second-order valence-electron chi connectivity index (χ2n) is 2.79. The van der Waals surface area contributed by atoms with Crippen molar-refractivity contribution in [2.24, 2.45) is 11.1 Å². The van der Waals surface area contributed by atoms with Crippen LogP contribution in [0.25, 0.3) is 0 Å². The van der Waals surface area contributed by atoms with Gasteiger partial charge >= 0.3 is 0 Å². The lowest BCUT2D eigenvalue weighted by molar-refractivity contribution is 0.745. The van der Waals surface area contributed by atoms with Gasteiger partial charge in [0.2, 0.25) is 0 Å². The average Bonchev–Trinajstić information content (AvgIpc) is 2.45. The lowest BCUT2D eigenvalue weighted by atomic mass is 10.1. The number of nitrogens with two attached hydrogens (primary N) is 1. The molecule has 0 atom stereocenters. The quantitative estimate of drug-likeness (QED) is 0.534. The molecule has 1 fully saturated rings. The van der Waals surface area contributed by atoms with Gasteiger partial charge < -0.3 is 5.73 Å². The topological polar surface area (TPSA) is 26.0 Å². The van der Waals surface area contributed by atoms with Gasteiger partial charge in [-0.3, -0.25) is 0 Å². The lowest BCUT2D eigenvalue weighted by Crippen LogP contribution is -1.94. The van der Waals surface area contributed by atoms with E-state index in [1.807, 2.05) is 6.08 Å². The Morgan fingerprint density at radius 1 is 1.62 bits per heavy atom. The number of allylic oxidation sites excluding steroid dienone is 1. The maximum atomic E-state index is 5.28. The third-order valence-electron chi connectivity index (χ3n) is 1.69. The minimum absolute atomic E-state index is 0.541. The Bertz CT molecular complexity index is 101. The molecule has 1 rings (SSSR count). The Morgan fingerprint density at radius 2 is 2.25 bits per heavy atom. The molecule has 0 heterocycles. The summed E-state index contributed by atoms with van der Waals surface area (Å²) in [4.78, 5) is 0. The van der Waals surface area contributed by atoms with Crippen LogP contribution in [0.15, 0.2) is 12.2 Å². The van der Waals surface area contributed by atoms with E-state index in [0.717, 1.165) is 0 Å². The molecule has 0 spiro atoms. The summed E-state index contributed by atoms with van der Waals surface area (Å²) in [5, 5.41) is 0. The highest BCUT2D eigenvalue weighted by atomic mass is 14.5. The third-order valence-corrected chi connectivity index (χ3v) is 1.69. The largest absolute Gasteiger partial charge is 0.327 e. The third kappa shape index (κ3) is 1.34. The van der Waals surface area contributed by atoms with Crippen molar-refractivity contribution in [3.05, 3.63) is 12.2 Å². The summed E-state index contributed by atoms with van der Waals surface area (Å²) in [6, 6.07) is 0. The van der Waals surface area contributed by atoms with Gasteiger partial charge in [0.25, 0.3) is 0 Å². The first-order valence-corrected chi connectivity index (χ1v) is 3.15. The normalized spacial score (nSPS) is 24.2. The van der Waals surface area contributed by atoms with Gasteiger partial charge in [-0.15, -0.1) is 0 Å². The zero-order valence-electron chi connectivity index (χ0n) is 5.35. The molecule has 0 saturated heterocycles. The van der Waals surface area contributed by atoms with Crippen molar-refractivity contribution in [1.82, 2.24) is 0 Å². The number of hydrogen-bond donors (Lipinski definition) is 1. The van der Waals surface area contributed by atoms with Crippen molar-refractivity contribution in [3.8, 4) is 0 Å². The molecular weight excluding hydrogens is 98.1 g/mol. The van der Waals surface area contributed by atoms with Crippen LogP contribution in [0.4, 0.5) is 0 Å². The Kier molecular flexibility index (Phi) is 1.39. The molecule has 1 aliphatic carbocycles. The van der Waals surface area contributed by atoms with Crippen molar-refractivity contribution >= 4 is 0 Å². The maximum Gasteiger partial charge on any atom is 0.0107 e. The van der Waals surface area contributed by atoms with E-state index in [4.69, 9.17) is 5.73 Å². The molecular formula is C7H13N. The summed E-state index contributed by atoms with van der Waals surface area (Å²) in [7, 11) is 0. The summed E-state index contributed by atoms with van der Waals surface area (Å²) in [6.45, 7) is 2.95. The van der Waals surface area contributed by atoms with Crippen molar-refractivity contribution in [1.29, 1.82) is 0 Å². The van der Waals surface area contributed by atoms with Gasteiger partial charge in [-0.25, -0.2) is 0 Å². The standard InChI is InChI=1S/C7H13N/c1-7(4-5-7)3-2-6-8/h2-3H,4-6,8H2,1H3/b3-2+. The van der Waals surface area contributed by atoms with Crippen molar-refractivity contribution in [2.75, 3.05) is 6.54 Å². The van der Waals surface area contributed by atoms with Gasteiger partial charge in [0.15, 0.2) is 0 Å². The van der Waals surface area contributed by atoms with E-state index < -0.39 is 0 Å². The average molecular weight is 111 g/mol. The van der Waals surface area contributed by atoms with E-state index in [1.165, 1.54) is 12.8 Å². The van der Waals surface area contributed by atoms with Gasteiger partial charge in [-0.05, 0) is 18.3 Å². The molecule has 1 heteroatoms. The Morgan fingerprint density at radius 3 is 2.62 bits per heavy atom. The molecule has 46 valence electrons. The summed E-state index contributed by atoms with van der Waals surface area (Å²) in [5.74, 6) is 0. The molecule has 1 aliphatic rings. The molecule has 1 nitrogen and oxygen atoms in total. The fourth-order valence-electron chi connectivity index (χ4n) is 0.716. The number of hydrogen-bond acceptors (Lipinski definition) is 1. The highest BCUT2D eigenvalue weighted by molar-refractivity contribution is 5.06. The second-order valence-corrected chi connectivity index (χ2v) is 2.79. The Labute approximate surface area is 50.6 Å². The smallest absolute Gasteiger partial charge is 0.0107 e. The maximum absolute atomic E-state index is 5.28. The van der Waals surface area contributed by atoms with E-state index in [1.54, 1.807) is 0 Å². The van der Waals surface area contributed by atoms with Crippen LogP contribution in [-0.2, 0) is 0 Å². The van der Waals surface area contributed by atoms with Gasteiger partial charge in [0, 0.05) is 6.54 Å². The zero-order valence-corrected chi connectivity index (χ0v) is 5.35. The van der Waals surface area contributed by atoms with Gasteiger partial charge in [-0.2, -0.15) is 0 Å². The predicted molar refractivity (Wildman–Crippen MR) is 35.5 cm³/mol. The molecule has 0 bridgehead atoms. The van der Waals surface area contributed by atoms with E-state index in [2.05, 4.69) is 13.0 Å². The van der Waals surface area contributed by atoms with E-state index in [-0.39, 0.29) is 0 Å². The van der Waals surface area contributed by atoms with E-state index in [0.29, 0.717) is 12.0 Å². The highest BCUT2D eigenvalue weighted by Gasteiger charge is 2.33. The van der Waals surface area contributed by atoms with Crippen molar-refractivity contribution < 1.29 is 0 Å². The van der Waals surface area contributed by atoms with Crippen LogP contribution < -0.4 is 5.73 Å². The fourth-order valence-corrected chi connectivity index (χ4v) is 0.716. The molecule has 0 aromatic carbocycles. The lowest BCUT2D eigenvalue weighted by Gasteiger charge is -1.94. The highest BCUT2D eigenvalue weighted by Crippen LogP contribution is 2.46. The van der Waals surface area contributed by atoms with E-state index in [9.17, 15) is 0 Å². The first-order valence-electron chi connectivity index (χ1n) is 3.15. The molecule has 0 aromatic rings. The zero-order chi connectivity index (χ0) is 6.04. The van der Waals surface area contributed by atoms with Crippen LogP contribution >= 0.6 is 0 Å². The summed E-state index contributed by atoms with van der Waals surface area (Å²) in [5.41, 5.74) is 5.82. The Hall–Kier alpha value is -0.300. The van der Waals surface area contributed by atoms with Crippen LogP contribution in [0.5, 0.6) is 0 Å². The van der Waals surface area contributed by atoms with E-state index >= 15 is 0 Å². The fraction of sp³-hybridized carbons (Fsp3) is 0.714. The summed E-state index contributed by atoms with van der Waals surface area (Å²) in [6.07, 6.45) is 6.98. The minimum Gasteiger partial charge on any atom is -0.327 e. The van der Waals surface area contributed by atoms with Crippen molar-refractivity contribution in [3.63, 3.8) is 0 Å². The molecule has 0 radical (unpaired) electrons. The van der Waals surface area contributed by atoms with Crippen LogP contribution in [0.2, 0.25) is 0 Å². The first kappa shape index (κ1) is 5.83. The minimum atomic E-state index is 0.541. The van der Waals surface area contributed by atoms with Gasteiger partial charge in [0.1, 0.15) is 0 Å². The molecule has 0 amide bonds. The summed E-state index contributed by atoms with van der Waals surface area (Å²) >= 11 is 0. The van der Waals surface area contributed by atoms with Crippen LogP contribution in [0.1, 0.15) is 19.8 Å². The molecule has 0 aromatic heterocycles. The SMILES string of the molecule is CC1(/C=C/CN)CC1. The van der Waals surface area contributed by atoms with Crippen LogP contribution in [0.3, 0.4) is 0 Å². The monoisotopic (exact) mass is 111 g/mol. The second kappa shape index (κ2) is 1.90. The molecule has 0 aliphatic heterocycles. The predicted octanol–water partition coefficient (Wildman–Crippen LogP) is 1.30. The van der Waals surface area contributed by atoms with Crippen molar-refractivity contribution in [2.45, 2.75) is 19.8 Å². The van der Waals surface area contributed by atoms with Crippen LogP contribution in [0, 0.1) is 5.41 Å². The molecule has 2 N–H and O–H groups in total. The van der Waals surface area contributed by atoms with Gasteiger partial charge in [-0.1, -0.05) is 19.1 Å². The molecule has 8 heavy (non-hydrogen) atoms.